The zero-order chi connectivity index (χ0) is 23.2. The van der Waals surface area contributed by atoms with Crippen molar-refractivity contribution in [3.05, 3.63) is 64.7 Å². The Bertz CT molecular complexity index is 1050. The van der Waals surface area contributed by atoms with E-state index in [1.807, 2.05) is 6.07 Å². The average molecular weight is 479 g/mol. The molecule has 0 aromatic heterocycles. The van der Waals surface area contributed by atoms with Crippen LogP contribution in [0.3, 0.4) is 0 Å². The molecule has 1 atom stereocenters. The van der Waals surface area contributed by atoms with Gasteiger partial charge in [-0.1, -0.05) is 41.9 Å². The zero-order valence-corrected chi connectivity index (χ0v) is 17.6. The van der Waals surface area contributed by atoms with Crippen molar-refractivity contribution in [2.24, 2.45) is 0 Å². The van der Waals surface area contributed by atoms with Crippen LogP contribution in [0.4, 0.5) is 13.2 Å². The van der Waals surface area contributed by atoms with Gasteiger partial charge in [-0.3, -0.25) is 9.59 Å². The lowest BCUT2D eigenvalue weighted by atomic mass is 10.1. The lowest BCUT2D eigenvalue weighted by Gasteiger charge is -2.14. The molecule has 0 spiro atoms. The van der Waals surface area contributed by atoms with Gasteiger partial charge in [0.05, 0.1) is 16.6 Å². The SMILES string of the molecule is CC(NC(=O)COC(=O)CNS(=O)(=O)c1cc(C(F)(F)F)ccc1Cl)c1ccccc1. The van der Waals surface area contributed by atoms with Crippen molar-refractivity contribution in [3.8, 4) is 0 Å². The Morgan fingerprint density at radius 2 is 1.77 bits per heavy atom. The van der Waals surface area contributed by atoms with Crippen LogP contribution in [0, 0.1) is 0 Å². The Kier molecular flexibility index (Phi) is 8.04. The van der Waals surface area contributed by atoms with Crippen molar-refractivity contribution in [3.63, 3.8) is 0 Å². The van der Waals surface area contributed by atoms with Gasteiger partial charge in [-0.2, -0.15) is 17.9 Å². The topological polar surface area (TPSA) is 102 Å². The minimum absolute atomic E-state index is 0.353. The number of esters is 1. The second-order valence-electron chi connectivity index (χ2n) is 6.33. The van der Waals surface area contributed by atoms with E-state index in [0.29, 0.717) is 12.1 Å². The molecular formula is C19H18ClF3N2O5S. The number of alkyl halides is 3. The average Bonchev–Trinajstić information content (AvgIpc) is 2.70. The first-order chi connectivity index (χ1) is 14.4. The van der Waals surface area contributed by atoms with Gasteiger partial charge >= 0.3 is 12.1 Å². The second-order valence-corrected chi connectivity index (χ2v) is 8.47. The Labute approximate surface area is 181 Å². The molecule has 7 nitrogen and oxygen atoms in total. The number of halogens is 4. The van der Waals surface area contributed by atoms with Crippen molar-refractivity contribution in [1.82, 2.24) is 10.0 Å². The number of hydrogen-bond acceptors (Lipinski definition) is 5. The van der Waals surface area contributed by atoms with Gasteiger partial charge in [0, 0.05) is 0 Å². The molecule has 0 aliphatic heterocycles. The Morgan fingerprint density at radius 1 is 1.13 bits per heavy atom. The summed E-state index contributed by atoms with van der Waals surface area (Å²) in [5, 5.41) is 2.14. The molecular weight excluding hydrogens is 461 g/mol. The molecule has 168 valence electrons. The Balaban J connectivity index is 1.90. The van der Waals surface area contributed by atoms with E-state index >= 15 is 0 Å². The lowest BCUT2D eigenvalue weighted by Crippen LogP contribution is -2.35. The number of hydrogen-bond donors (Lipinski definition) is 2. The van der Waals surface area contributed by atoms with E-state index in [4.69, 9.17) is 11.6 Å². The minimum Gasteiger partial charge on any atom is -0.455 e. The van der Waals surface area contributed by atoms with Crippen LogP contribution >= 0.6 is 11.6 Å². The molecule has 2 rings (SSSR count). The van der Waals surface area contributed by atoms with Gasteiger partial charge in [0.1, 0.15) is 11.4 Å². The molecule has 0 heterocycles. The smallest absolute Gasteiger partial charge is 0.416 e. The van der Waals surface area contributed by atoms with Gasteiger partial charge in [-0.15, -0.1) is 0 Å². The predicted molar refractivity (Wildman–Crippen MR) is 106 cm³/mol. The first-order valence-corrected chi connectivity index (χ1v) is 10.6. The third-order valence-electron chi connectivity index (χ3n) is 4.00. The molecule has 1 unspecified atom stereocenters. The van der Waals surface area contributed by atoms with Crippen molar-refractivity contribution in [1.29, 1.82) is 0 Å². The summed E-state index contributed by atoms with van der Waals surface area (Å²) < 4.78 is 69.4. The lowest BCUT2D eigenvalue weighted by molar-refractivity contribution is -0.147. The summed E-state index contributed by atoms with van der Waals surface area (Å²) in [5.74, 6) is -1.72. The van der Waals surface area contributed by atoms with Crippen LogP contribution in [-0.2, 0) is 30.5 Å². The first-order valence-electron chi connectivity index (χ1n) is 8.76. The fourth-order valence-electron chi connectivity index (χ4n) is 2.42. The van der Waals surface area contributed by atoms with Crippen LogP contribution in [-0.4, -0.2) is 33.4 Å². The molecule has 2 aromatic rings. The summed E-state index contributed by atoms with van der Waals surface area (Å²) in [6.45, 7) is 0.153. The number of benzene rings is 2. The summed E-state index contributed by atoms with van der Waals surface area (Å²) in [6.07, 6.45) is -4.78. The van der Waals surface area contributed by atoms with Crippen LogP contribution < -0.4 is 10.0 Å². The first kappa shape index (κ1) is 24.6. The van der Waals surface area contributed by atoms with Crippen LogP contribution in [0.15, 0.2) is 53.4 Å². The van der Waals surface area contributed by atoms with E-state index in [1.165, 1.54) is 0 Å². The van der Waals surface area contributed by atoms with Crippen molar-refractivity contribution >= 4 is 33.5 Å². The van der Waals surface area contributed by atoms with Gasteiger partial charge in [0.25, 0.3) is 5.91 Å². The van der Waals surface area contributed by atoms with Crippen molar-refractivity contribution in [2.75, 3.05) is 13.2 Å². The van der Waals surface area contributed by atoms with E-state index in [-0.39, 0.29) is 6.04 Å². The highest BCUT2D eigenvalue weighted by Gasteiger charge is 2.32. The standard InChI is InChI=1S/C19H18ClF3N2O5S/c1-12(13-5-3-2-4-6-13)25-17(26)11-30-18(27)10-24-31(28,29)16-9-14(19(21,22)23)7-8-15(16)20/h2-9,12,24H,10-11H2,1H3,(H,25,26). The Hall–Kier alpha value is -2.63. The van der Waals surface area contributed by atoms with Crippen molar-refractivity contribution < 1.29 is 35.9 Å². The van der Waals surface area contributed by atoms with Gasteiger partial charge in [-0.25, -0.2) is 8.42 Å². The normalized spacial score (nSPS) is 12.8. The van der Waals surface area contributed by atoms with Crippen LogP contribution in [0.2, 0.25) is 5.02 Å². The number of amides is 1. The van der Waals surface area contributed by atoms with Gasteiger partial charge in [0.15, 0.2) is 6.61 Å². The summed E-state index contributed by atoms with van der Waals surface area (Å²) in [7, 11) is -4.55. The minimum atomic E-state index is -4.78. The van der Waals surface area contributed by atoms with Gasteiger partial charge in [-0.05, 0) is 30.7 Å². The molecule has 0 aliphatic rings. The van der Waals surface area contributed by atoms with Crippen LogP contribution in [0.5, 0.6) is 0 Å². The number of rotatable bonds is 8. The third-order valence-corrected chi connectivity index (χ3v) is 5.88. The number of nitrogens with one attached hydrogen (secondary N) is 2. The molecule has 0 aliphatic carbocycles. The molecule has 2 N–H and O–H groups in total. The van der Waals surface area contributed by atoms with Crippen LogP contribution in [0.25, 0.3) is 0 Å². The van der Waals surface area contributed by atoms with Crippen molar-refractivity contribution in [2.45, 2.75) is 24.0 Å². The maximum Gasteiger partial charge on any atom is 0.416 e. The molecule has 2 aromatic carbocycles. The molecule has 0 saturated heterocycles. The zero-order valence-electron chi connectivity index (χ0n) is 16.1. The highest BCUT2D eigenvalue weighted by molar-refractivity contribution is 7.89. The summed E-state index contributed by atoms with van der Waals surface area (Å²) in [6, 6.07) is 10.4. The summed E-state index contributed by atoms with van der Waals surface area (Å²) in [4.78, 5) is 22.8. The molecule has 12 heteroatoms. The van der Waals surface area contributed by atoms with E-state index < -0.39 is 56.7 Å². The van der Waals surface area contributed by atoms with E-state index in [1.54, 1.807) is 35.9 Å². The molecule has 0 bridgehead atoms. The number of carbonyl (C=O) groups is 2. The monoisotopic (exact) mass is 478 g/mol. The highest BCUT2D eigenvalue weighted by Crippen LogP contribution is 2.33. The maximum atomic E-state index is 12.8. The van der Waals surface area contributed by atoms with E-state index in [2.05, 4.69) is 10.1 Å². The largest absolute Gasteiger partial charge is 0.455 e. The fourth-order valence-corrected chi connectivity index (χ4v) is 3.92. The molecule has 31 heavy (non-hydrogen) atoms. The fraction of sp³-hybridized carbons (Fsp3) is 0.263. The predicted octanol–water partition coefficient (Wildman–Crippen LogP) is 3.06. The third kappa shape index (κ3) is 7.23. The Morgan fingerprint density at radius 3 is 2.39 bits per heavy atom. The maximum absolute atomic E-state index is 12.8. The quantitative estimate of drug-likeness (QED) is 0.568. The highest BCUT2D eigenvalue weighted by atomic mass is 35.5. The molecule has 0 radical (unpaired) electrons. The number of ether oxygens (including phenoxy) is 1. The number of sulfonamides is 1. The van der Waals surface area contributed by atoms with E-state index in [9.17, 15) is 31.2 Å². The summed E-state index contributed by atoms with van der Waals surface area (Å²) >= 11 is 5.69. The van der Waals surface area contributed by atoms with Crippen LogP contribution in [0.1, 0.15) is 24.1 Å². The molecule has 0 saturated carbocycles. The number of carbonyl (C=O) groups excluding carboxylic acids is 2. The molecule has 1 amide bonds. The van der Waals surface area contributed by atoms with Gasteiger partial charge < -0.3 is 10.1 Å². The summed E-state index contributed by atoms with van der Waals surface area (Å²) in [5.41, 5.74) is -0.392. The van der Waals surface area contributed by atoms with E-state index in [0.717, 1.165) is 11.6 Å². The molecule has 0 fully saturated rings. The second kappa shape index (κ2) is 10.1. The van der Waals surface area contributed by atoms with Gasteiger partial charge in [0.2, 0.25) is 10.0 Å².